The molecule has 1 aromatic rings. The molecule has 8 heteroatoms. The Bertz CT molecular complexity index is 930. The Balaban J connectivity index is 1.84. The maximum absolute atomic E-state index is 14.7. The highest BCUT2D eigenvalue weighted by Crippen LogP contribution is 2.43. The standard InChI is InChI=1S/C24H27F5O3/c1-5-7-15-8-9-18(30-12-15)24(28,29)32-17-11-16-10-14(4)22(19(25)13(3)6-2)31-23(16)21(27)20(17)26/h11,15,18H,3-10,12H2,1-2H3/b22-19-. The first-order valence-electron chi connectivity index (χ1n) is 10.7. The van der Waals surface area contributed by atoms with E-state index in [1.807, 2.05) is 6.92 Å². The molecule has 0 radical (unpaired) electrons. The number of rotatable bonds is 7. The van der Waals surface area contributed by atoms with Gasteiger partial charge < -0.3 is 14.2 Å². The summed E-state index contributed by atoms with van der Waals surface area (Å²) in [6.07, 6.45) is -2.91. The van der Waals surface area contributed by atoms with Crippen molar-refractivity contribution in [1.82, 2.24) is 0 Å². The second-order valence-electron chi connectivity index (χ2n) is 8.19. The molecule has 1 saturated heterocycles. The van der Waals surface area contributed by atoms with Gasteiger partial charge in [-0.25, -0.2) is 4.39 Å². The summed E-state index contributed by atoms with van der Waals surface area (Å²) in [7, 11) is 0. The van der Waals surface area contributed by atoms with Gasteiger partial charge >= 0.3 is 6.11 Å². The van der Waals surface area contributed by atoms with Crippen LogP contribution < -0.4 is 9.47 Å². The van der Waals surface area contributed by atoms with Crippen LogP contribution in [0.15, 0.2) is 42.0 Å². The van der Waals surface area contributed by atoms with Crippen molar-refractivity contribution in [3.05, 3.63) is 59.2 Å². The summed E-state index contributed by atoms with van der Waals surface area (Å²) in [5, 5.41) is 0. The zero-order valence-electron chi connectivity index (χ0n) is 18.2. The van der Waals surface area contributed by atoms with Gasteiger partial charge in [0.25, 0.3) is 0 Å². The smallest absolute Gasteiger partial charge is 0.424 e. The lowest BCUT2D eigenvalue weighted by Crippen LogP contribution is -2.44. The van der Waals surface area contributed by atoms with Crippen molar-refractivity contribution < 1.29 is 36.2 Å². The number of benzene rings is 1. The molecular weight excluding hydrogens is 431 g/mol. The molecule has 32 heavy (non-hydrogen) atoms. The third-order valence-corrected chi connectivity index (χ3v) is 5.76. The second-order valence-corrected chi connectivity index (χ2v) is 8.19. The van der Waals surface area contributed by atoms with Crippen molar-refractivity contribution >= 4 is 0 Å². The van der Waals surface area contributed by atoms with E-state index in [0.717, 1.165) is 18.9 Å². The van der Waals surface area contributed by atoms with E-state index in [1.165, 1.54) is 0 Å². The van der Waals surface area contributed by atoms with Gasteiger partial charge in [0, 0.05) is 12.0 Å². The molecule has 3 nitrogen and oxygen atoms in total. The minimum absolute atomic E-state index is 0.0194. The first-order valence-corrected chi connectivity index (χ1v) is 10.7. The number of alkyl halides is 2. The SMILES string of the molecule is C=C(CC)/C(F)=C1/Oc2c(cc(OC(F)(F)C3CCC(CCC)CO3)c(F)c2F)CC1=C. The second kappa shape index (κ2) is 9.65. The summed E-state index contributed by atoms with van der Waals surface area (Å²) >= 11 is 0. The highest BCUT2D eigenvalue weighted by atomic mass is 19.3. The van der Waals surface area contributed by atoms with Crippen LogP contribution in [0, 0.1) is 17.6 Å². The first-order chi connectivity index (χ1) is 15.1. The molecule has 0 aliphatic carbocycles. The molecule has 1 aromatic carbocycles. The van der Waals surface area contributed by atoms with Gasteiger partial charge in [0.2, 0.25) is 11.6 Å². The largest absolute Gasteiger partial charge is 0.450 e. The first kappa shape index (κ1) is 24.3. The molecule has 3 rings (SSSR count). The summed E-state index contributed by atoms with van der Waals surface area (Å²) in [5.74, 6) is -5.71. The quantitative estimate of drug-likeness (QED) is 0.406. The van der Waals surface area contributed by atoms with Crippen LogP contribution in [0.5, 0.6) is 11.5 Å². The summed E-state index contributed by atoms with van der Waals surface area (Å²) in [4.78, 5) is 0. The van der Waals surface area contributed by atoms with Gasteiger partial charge in [0.05, 0.1) is 6.61 Å². The highest BCUT2D eigenvalue weighted by molar-refractivity contribution is 5.52. The average Bonchev–Trinajstić information content (AvgIpc) is 2.76. The minimum atomic E-state index is -3.86. The molecule has 0 bridgehead atoms. The van der Waals surface area contributed by atoms with Crippen LogP contribution in [-0.4, -0.2) is 18.8 Å². The van der Waals surface area contributed by atoms with Gasteiger partial charge in [-0.1, -0.05) is 33.4 Å². The Kier molecular flexibility index (Phi) is 7.32. The van der Waals surface area contributed by atoms with Crippen LogP contribution in [0.1, 0.15) is 51.5 Å². The van der Waals surface area contributed by atoms with Crippen molar-refractivity contribution in [2.24, 2.45) is 5.92 Å². The number of hydrogen-bond donors (Lipinski definition) is 0. The Morgan fingerprint density at radius 3 is 2.53 bits per heavy atom. The molecule has 2 aliphatic rings. The molecule has 0 aromatic heterocycles. The topological polar surface area (TPSA) is 27.7 Å². The predicted octanol–water partition coefficient (Wildman–Crippen LogP) is 7.17. The van der Waals surface area contributed by atoms with Gasteiger partial charge in [0.1, 0.15) is 0 Å². The number of fused-ring (bicyclic) bond motifs is 1. The third-order valence-electron chi connectivity index (χ3n) is 5.76. The van der Waals surface area contributed by atoms with Crippen molar-refractivity contribution in [2.75, 3.05) is 6.61 Å². The maximum Gasteiger partial charge on any atom is 0.424 e. The molecule has 1 fully saturated rings. The van der Waals surface area contributed by atoms with Crippen molar-refractivity contribution in [2.45, 2.75) is 64.6 Å². The summed E-state index contributed by atoms with van der Waals surface area (Å²) in [6, 6.07) is 0.929. The fourth-order valence-electron chi connectivity index (χ4n) is 3.87. The van der Waals surface area contributed by atoms with E-state index in [1.54, 1.807) is 6.92 Å². The van der Waals surface area contributed by atoms with Crippen LogP contribution in [0.3, 0.4) is 0 Å². The molecule has 0 amide bonds. The Morgan fingerprint density at radius 1 is 1.22 bits per heavy atom. The Labute approximate surface area is 184 Å². The minimum Gasteiger partial charge on any atom is -0.450 e. The van der Waals surface area contributed by atoms with Crippen LogP contribution in [0.2, 0.25) is 0 Å². The van der Waals surface area contributed by atoms with Gasteiger partial charge in [0.15, 0.2) is 29.2 Å². The molecule has 0 N–H and O–H groups in total. The summed E-state index contributed by atoms with van der Waals surface area (Å²) in [5.41, 5.74) is 0.274. The van der Waals surface area contributed by atoms with E-state index < -0.39 is 41.2 Å². The Morgan fingerprint density at radius 2 is 1.94 bits per heavy atom. The number of ether oxygens (including phenoxy) is 3. The third kappa shape index (κ3) is 4.85. The fraction of sp³-hybridized carbons (Fsp3) is 0.500. The molecule has 2 atom stereocenters. The summed E-state index contributed by atoms with van der Waals surface area (Å²) in [6.45, 7) is 11.1. The molecule has 176 valence electrons. The zero-order chi connectivity index (χ0) is 23.6. The van der Waals surface area contributed by atoms with Crippen LogP contribution in [-0.2, 0) is 11.2 Å². The average molecular weight is 458 g/mol. The van der Waals surface area contributed by atoms with E-state index >= 15 is 0 Å². The zero-order valence-corrected chi connectivity index (χ0v) is 18.2. The van der Waals surface area contributed by atoms with Gasteiger partial charge in [-0.15, -0.1) is 0 Å². The number of allylic oxidation sites excluding steroid dienone is 3. The van der Waals surface area contributed by atoms with E-state index in [9.17, 15) is 22.0 Å². The van der Waals surface area contributed by atoms with E-state index in [4.69, 9.17) is 9.47 Å². The van der Waals surface area contributed by atoms with Gasteiger partial charge in [-0.05, 0) is 48.8 Å². The lowest BCUT2D eigenvalue weighted by Gasteiger charge is -2.33. The molecular formula is C24H27F5O3. The van der Waals surface area contributed by atoms with Crippen molar-refractivity contribution in [3.63, 3.8) is 0 Å². The number of halogens is 5. The van der Waals surface area contributed by atoms with Gasteiger partial charge in [-0.3, -0.25) is 0 Å². The summed E-state index contributed by atoms with van der Waals surface area (Å²) < 4.78 is 88.2. The molecule has 0 spiro atoms. The normalized spacial score (nSPS) is 22.8. The monoisotopic (exact) mass is 458 g/mol. The lowest BCUT2D eigenvalue weighted by atomic mass is 9.94. The lowest BCUT2D eigenvalue weighted by molar-refractivity contribution is -0.265. The molecule has 2 heterocycles. The van der Waals surface area contributed by atoms with Crippen LogP contribution in [0.25, 0.3) is 0 Å². The van der Waals surface area contributed by atoms with Crippen LogP contribution >= 0.6 is 0 Å². The predicted molar refractivity (Wildman–Crippen MR) is 110 cm³/mol. The Hall–Kier alpha value is -2.35. The highest BCUT2D eigenvalue weighted by Gasteiger charge is 2.46. The van der Waals surface area contributed by atoms with Crippen molar-refractivity contribution in [3.8, 4) is 11.5 Å². The molecule has 2 unspecified atom stereocenters. The number of hydrogen-bond acceptors (Lipinski definition) is 3. The maximum atomic E-state index is 14.7. The van der Waals surface area contributed by atoms with Gasteiger partial charge in [-0.2, -0.15) is 17.6 Å². The fourth-order valence-corrected chi connectivity index (χ4v) is 3.87. The van der Waals surface area contributed by atoms with E-state index in [-0.39, 0.29) is 54.3 Å². The molecule has 2 aliphatic heterocycles. The van der Waals surface area contributed by atoms with Crippen LogP contribution in [0.4, 0.5) is 22.0 Å². The molecule has 0 saturated carbocycles. The van der Waals surface area contributed by atoms with Crippen molar-refractivity contribution in [1.29, 1.82) is 0 Å². The van der Waals surface area contributed by atoms with E-state index in [0.29, 0.717) is 6.42 Å². The van der Waals surface area contributed by atoms with E-state index in [2.05, 4.69) is 17.9 Å².